The van der Waals surface area contributed by atoms with E-state index in [9.17, 15) is 9.59 Å². The van der Waals surface area contributed by atoms with Gasteiger partial charge in [-0.3, -0.25) is 9.59 Å². The number of carbonyl (C=O) groups is 2. The SMILES string of the molecule is O=C(Nc1ccc(N2CCC(Cc3ccccc3)CC2)c(C(=O)N2CCCCC2)c1)C1CCC1. The van der Waals surface area contributed by atoms with Gasteiger partial charge in [0.25, 0.3) is 5.91 Å². The van der Waals surface area contributed by atoms with Crippen LogP contribution in [-0.2, 0) is 11.2 Å². The average molecular weight is 460 g/mol. The largest absolute Gasteiger partial charge is 0.371 e. The average Bonchev–Trinajstić information content (AvgIpc) is 2.84. The van der Waals surface area contributed by atoms with Crippen molar-refractivity contribution in [1.82, 2.24) is 4.90 Å². The number of nitrogens with zero attached hydrogens (tertiary/aromatic N) is 2. The maximum Gasteiger partial charge on any atom is 0.256 e. The van der Waals surface area contributed by atoms with E-state index in [1.165, 1.54) is 12.0 Å². The number of nitrogens with one attached hydrogen (secondary N) is 1. The second-order valence-corrected chi connectivity index (χ2v) is 10.3. The molecule has 5 nitrogen and oxygen atoms in total. The molecule has 2 saturated heterocycles. The molecule has 0 radical (unpaired) electrons. The molecule has 0 bridgehead atoms. The molecule has 180 valence electrons. The van der Waals surface area contributed by atoms with Crippen LogP contribution in [0.1, 0.15) is 67.3 Å². The van der Waals surface area contributed by atoms with Gasteiger partial charge in [-0.05, 0) is 81.0 Å². The van der Waals surface area contributed by atoms with Gasteiger partial charge in [0, 0.05) is 43.5 Å². The number of rotatable bonds is 6. The predicted molar refractivity (Wildman–Crippen MR) is 137 cm³/mol. The molecule has 3 aliphatic rings. The predicted octanol–water partition coefficient (Wildman–Crippen LogP) is 5.51. The molecule has 2 aliphatic heterocycles. The summed E-state index contributed by atoms with van der Waals surface area (Å²) in [6.45, 7) is 3.59. The van der Waals surface area contributed by atoms with Gasteiger partial charge in [0.2, 0.25) is 5.91 Å². The number of anilines is 2. The number of hydrogen-bond donors (Lipinski definition) is 1. The first-order valence-corrected chi connectivity index (χ1v) is 13.2. The number of benzene rings is 2. The zero-order valence-electron chi connectivity index (χ0n) is 20.2. The van der Waals surface area contributed by atoms with Crippen molar-refractivity contribution in [2.45, 2.75) is 57.8 Å². The normalized spacial score (nSPS) is 19.5. The maximum atomic E-state index is 13.6. The van der Waals surface area contributed by atoms with Crippen LogP contribution in [0.25, 0.3) is 0 Å². The van der Waals surface area contributed by atoms with Crippen molar-refractivity contribution >= 4 is 23.2 Å². The molecule has 5 heteroatoms. The van der Waals surface area contributed by atoms with Crippen LogP contribution in [-0.4, -0.2) is 42.9 Å². The first-order valence-electron chi connectivity index (χ1n) is 13.2. The molecule has 2 aromatic rings. The zero-order valence-corrected chi connectivity index (χ0v) is 20.2. The smallest absolute Gasteiger partial charge is 0.256 e. The highest BCUT2D eigenvalue weighted by Gasteiger charge is 2.28. The highest BCUT2D eigenvalue weighted by Crippen LogP contribution is 2.32. The van der Waals surface area contributed by atoms with Crippen LogP contribution in [0.15, 0.2) is 48.5 Å². The van der Waals surface area contributed by atoms with Crippen molar-refractivity contribution in [2.24, 2.45) is 11.8 Å². The molecule has 5 rings (SSSR count). The second-order valence-electron chi connectivity index (χ2n) is 10.3. The van der Waals surface area contributed by atoms with Gasteiger partial charge in [0.1, 0.15) is 0 Å². The molecule has 0 unspecified atom stereocenters. The van der Waals surface area contributed by atoms with E-state index in [1.807, 2.05) is 17.0 Å². The van der Waals surface area contributed by atoms with Gasteiger partial charge >= 0.3 is 0 Å². The number of piperidine rings is 2. The Labute approximate surface area is 203 Å². The summed E-state index contributed by atoms with van der Waals surface area (Å²) in [5.74, 6) is 1.02. The molecule has 1 saturated carbocycles. The van der Waals surface area contributed by atoms with Gasteiger partial charge in [-0.1, -0.05) is 36.8 Å². The summed E-state index contributed by atoms with van der Waals surface area (Å²) in [7, 11) is 0. The zero-order chi connectivity index (χ0) is 23.3. The molecule has 0 atom stereocenters. The third-order valence-electron chi connectivity index (χ3n) is 7.94. The Morgan fingerprint density at radius 2 is 1.56 bits per heavy atom. The fraction of sp³-hybridized carbons (Fsp3) is 0.517. The Kier molecular flexibility index (Phi) is 7.17. The lowest BCUT2D eigenvalue weighted by Crippen LogP contribution is -2.39. The first-order chi connectivity index (χ1) is 16.7. The number of likely N-dealkylation sites (tertiary alicyclic amines) is 1. The highest BCUT2D eigenvalue weighted by atomic mass is 16.2. The molecule has 2 aromatic carbocycles. The minimum atomic E-state index is 0.0945. The molecule has 1 N–H and O–H groups in total. The van der Waals surface area contributed by atoms with E-state index in [-0.39, 0.29) is 17.7 Å². The van der Waals surface area contributed by atoms with Gasteiger partial charge < -0.3 is 15.1 Å². The minimum Gasteiger partial charge on any atom is -0.371 e. The molecule has 34 heavy (non-hydrogen) atoms. The van der Waals surface area contributed by atoms with E-state index in [1.54, 1.807) is 0 Å². The molecule has 2 heterocycles. The summed E-state index contributed by atoms with van der Waals surface area (Å²) in [4.78, 5) is 30.5. The minimum absolute atomic E-state index is 0.0945. The van der Waals surface area contributed by atoms with Crippen LogP contribution < -0.4 is 10.2 Å². The molecule has 0 aromatic heterocycles. The quantitative estimate of drug-likeness (QED) is 0.620. The summed E-state index contributed by atoms with van der Waals surface area (Å²) in [5, 5.41) is 3.08. The van der Waals surface area contributed by atoms with Crippen molar-refractivity contribution in [2.75, 3.05) is 36.4 Å². The lowest BCUT2D eigenvalue weighted by molar-refractivity contribution is -0.122. The van der Waals surface area contributed by atoms with Crippen molar-refractivity contribution in [1.29, 1.82) is 0 Å². The second kappa shape index (κ2) is 10.6. The molecular weight excluding hydrogens is 422 g/mol. The van der Waals surface area contributed by atoms with Crippen LogP contribution in [0.3, 0.4) is 0 Å². The Balaban J connectivity index is 1.31. The van der Waals surface area contributed by atoms with Crippen LogP contribution in [0.5, 0.6) is 0 Å². The van der Waals surface area contributed by atoms with Gasteiger partial charge in [0.15, 0.2) is 0 Å². The van der Waals surface area contributed by atoms with E-state index < -0.39 is 0 Å². The summed E-state index contributed by atoms with van der Waals surface area (Å²) in [5.41, 5.74) is 3.93. The van der Waals surface area contributed by atoms with E-state index in [2.05, 4.69) is 46.6 Å². The Bertz CT molecular complexity index is 988. The van der Waals surface area contributed by atoms with Gasteiger partial charge in [-0.2, -0.15) is 0 Å². The topological polar surface area (TPSA) is 52.7 Å². The summed E-state index contributed by atoms with van der Waals surface area (Å²) >= 11 is 0. The summed E-state index contributed by atoms with van der Waals surface area (Å²) < 4.78 is 0. The van der Waals surface area contributed by atoms with E-state index in [0.717, 1.165) is 94.5 Å². The van der Waals surface area contributed by atoms with Crippen LogP contribution in [0.4, 0.5) is 11.4 Å². The number of carbonyl (C=O) groups excluding carboxylic acids is 2. The first kappa shape index (κ1) is 22.9. The third-order valence-corrected chi connectivity index (χ3v) is 7.94. The molecule has 2 amide bonds. The van der Waals surface area contributed by atoms with Crippen LogP contribution in [0.2, 0.25) is 0 Å². The van der Waals surface area contributed by atoms with E-state index >= 15 is 0 Å². The lowest BCUT2D eigenvalue weighted by Gasteiger charge is -2.36. The van der Waals surface area contributed by atoms with E-state index in [0.29, 0.717) is 5.92 Å². The van der Waals surface area contributed by atoms with Gasteiger partial charge in [-0.15, -0.1) is 0 Å². The van der Waals surface area contributed by atoms with Crippen molar-refractivity contribution in [3.05, 3.63) is 59.7 Å². The fourth-order valence-electron chi connectivity index (χ4n) is 5.57. The molecule has 0 spiro atoms. The Hall–Kier alpha value is -2.82. The number of amides is 2. The van der Waals surface area contributed by atoms with Crippen LogP contribution in [0, 0.1) is 11.8 Å². The van der Waals surface area contributed by atoms with Gasteiger partial charge in [-0.25, -0.2) is 0 Å². The highest BCUT2D eigenvalue weighted by molar-refractivity contribution is 6.02. The number of hydrogen-bond acceptors (Lipinski definition) is 3. The molecular formula is C29H37N3O2. The van der Waals surface area contributed by atoms with Crippen molar-refractivity contribution in [3.8, 4) is 0 Å². The molecule has 3 fully saturated rings. The van der Waals surface area contributed by atoms with Crippen molar-refractivity contribution in [3.63, 3.8) is 0 Å². The van der Waals surface area contributed by atoms with Crippen LogP contribution >= 0.6 is 0 Å². The monoisotopic (exact) mass is 459 g/mol. The molecule has 1 aliphatic carbocycles. The maximum absolute atomic E-state index is 13.6. The summed E-state index contributed by atoms with van der Waals surface area (Å²) in [6.07, 6.45) is 9.81. The Morgan fingerprint density at radius 1 is 0.824 bits per heavy atom. The van der Waals surface area contributed by atoms with Crippen molar-refractivity contribution < 1.29 is 9.59 Å². The van der Waals surface area contributed by atoms with Gasteiger partial charge in [0.05, 0.1) is 5.56 Å². The standard InChI is InChI=1S/C29H37N3O2/c33-28(24-10-7-11-24)30-25-12-13-27(26(21-25)29(34)32-16-5-2-6-17-32)31-18-14-23(15-19-31)20-22-8-3-1-4-9-22/h1,3-4,8-9,12-13,21,23-24H,2,5-7,10-11,14-20H2,(H,30,33). The fourth-order valence-corrected chi connectivity index (χ4v) is 5.57. The lowest BCUT2D eigenvalue weighted by atomic mass is 9.85. The third kappa shape index (κ3) is 5.29. The Morgan fingerprint density at radius 3 is 2.24 bits per heavy atom. The summed E-state index contributed by atoms with van der Waals surface area (Å²) in [6, 6.07) is 16.7. The van der Waals surface area contributed by atoms with E-state index in [4.69, 9.17) is 0 Å².